The van der Waals surface area contributed by atoms with Gasteiger partial charge in [-0.15, -0.1) is 0 Å². The molecule has 0 radical (unpaired) electrons. The van der Waals surface area contributed by atoms with Crippen LogP contribution < -0.4 is 15.2 Å². The van der Waals surface area contributed by atoms with E-state index in [1.165, 1.54) is 11.4 Å². The molecule has 0 spiro atoms. The zero-order chi connectivity index (χ0) is 12.5. The topological polar surface area (TPSA) is 34.4 Å². The van der Waals surface area contributed by atoms with Crippen molar-refractivity contribution in [3.8, 4) is 0 Å². The first-order valence-corrected chi connectivity index (χ1v) is 5.22. The first kappa shape index (κ1) is 12.5. The summed E-state index contributed by atoms with van der Waals surface area (Å²) in [6, 6.07) is 0. The Morgan fingerprint density at radius 2 is 1.31 bits per heavy atom. The van der Waals surface area contributed by atoms with Gasteiger partial charge in [-0.1, -0.05) is 0 Å². The zero-order valence-corrected chi connectivity index (χ0v) is 11.2. The van der Waals surface area contributed by atoms with E-state index in [0.717, 1.165) is 11.3 Å². The van der Waals surface area contributed by atoms with Gasteiger partial charge in [-0.3, -0.25) is 4.99 Å². The molecule has 5 nitrogen and oxygen atoms in total. The van der Waals surface area contributed by atoms with E-state index in [1.54, 1.807) is 7.05 Å². The van der Waals surface area contributed by atoms with Crippen LogP contribution in [0, 0.1) is 0 Å². The lowest BCUT2D eigenvalue weighted by atomic mass is 10.7. The molecule has 0 fully saturated rings. The van der Waals surface area contributed by atoms with Gasteiger partial charge in [0, 0.05) is 49.3 Å². The second-order valence-electron chi connectivity index (χ2n) is 4.36. The first-order chi connectivity index (χ1) is 7.40. The van der Waals surface area contributed by atoms with E-state index >= 15 is 0 Å². The van der Waals surface area contributed by atoms with Crippen LogP contribution >= 0.6 is 0 Å². The lowest BCUT2D eigenvalue weighted by Gasteiger charge is -2.08. The van der Waals surface area contributed by atoms with E-state index in [1.807, 2.05) is 47.2 Å². The van der Waals surface area contributed by atoms with E-state index in [2.05, 4.69) is 19.8 Å². The van der Waals surface area contributed by atoms with Crippen molar-refractivity contribution in [2.75, 3.05) is 59.1 Å². The third-order valence-electron chi connectivity index (χ3n) is 2.32. The highest BCUT2D eigenvalue weighted by Crippen LogP contribution is 2.29. The second kappa shape index (κ2) is 4.55. The average molecular weight is 223 g/mol. The molecule has 1 aromatic carbocycles. The summed E-state index contributed by atoms with van der Waals surface area (Å²) in [5.41, 5.74) is 2.38. The summed E-state index contributed by atoms with van der Waals surface area (Å²) in [5, 5.41) is 1.03. The molecule has 0 saturated carbocycles. The predicted molar refractivity (Wildman–Crippen MR) is 70.1 cm³/mol. The van der Waals surface area contributed by atoms with Crippen molar-refractivity contribution in [1.29, 1.82) is 0 Å². The van der Waals surface area contributed by atoms with E-state index in [9.17, 15) is 0 Å². The summed E-state index contributed by atoms with van der Waals surface area (Å²) >= 11 is 0. The molecule has 0 heterocycles. The number of hydrogen-bond donors (Lipinski definition) is 0. The maximum atomic E-state index is 4.55. The fraction of sp³-hybridized carbons (Fsp3) is 0.636. The molecular weight excluding hydrogens is 202 g/mol. The van der Waals surface area contributed by atoms with Crippen molar-refractivity contribution >= 4 is 17.3 Å². The van der Waals surface area contributed by atoms with E-state index < -0.39 is 0 Å². The predicted octanol–water partition coefficient (Wildman–Crippen LogP) is 0.142. The third kappa shape index (κ3) is 2.35. The number of hydrogen-bond acceptors (Lipinski definition) is 3. The van der Waals surface area contributed by atoms with Gasteiger partial charge in [-0.05, 0) is 0 Å². The Morgan fingerprint density at radius 3 is 1.56 bits per heavy atom. The van der Waals surface area contributed by atoms with Crippen LogP contribution in [0.15, 0.2) is 9.98 Å². The Balaban J connectivity index is 3.08. The average Bonchev–Trinajstić information content (AvgIpc) is 2.87. The van der Waals surface area contributed by atoms with Crippen molar-refractivity contribution in [2.45, 2.75) is 0 Å². The van der Waals surface area contributed by atoms with Crippen molar-refractivity contribution in [3.63, 3.8) is 0 Å². The normalized spacial score (nSPS) is 11.8. The molecule has 1 rings (SSSR count). The third-order valence-corrected chi connectivity index (χ3v) is 2.32. The van der Waals surface area contributed by atoms with Crippen LogP contribution in [0.4, 0.5) is 11.4 Å². The first-order valence-electron chi connectivity index (χ1n) is 5.22. The van der Waals surface area contributed by atoms with Gasteiger partial charge in [0.2, 0.25) is 5.96 Å². The zero-order valence-electron chi connectivity index (χ0n) is 11.2. The molecule has 0 amide bonds. The molecule has 0 aliphatic heterocycles. The highest BCUT2D eigenvalue weighted by Gasteiger charge is 2.24. The number of aliphatic imine (C=N–C) groups is 1. The molecule has 90 valence electrons. The van der Waals surface area contributed by atoms with Gasteiger partial charge in [-0.2, -0.15) is 0 Å². The minimum Gasteiger partial charge on any atom is -0.374 e. The van der Waals surface area contributed by atoms with Crippen LogP contribution in [0.1, 0.15) is 0 Å². The lowest BCUT2D eigenvalue weighted by Crippen LogP contribution is -2.21. The fourth-order valence-electron chi connectivity index (χ4n) is 1.56. The minimum absolute atomic E-state index is 0.742. The summed E-state index contributed by atoms with van der Waals surface area (Å²) in [7, 11) is 13.8. The molecule has 5 heteroatoms. The van der Waals surface area contributed by atoms with E-state index in [4.69, 9.17) is 0 Å². The molecule has 0 N–H and O–H groups in total. The Morgan fingerprint density at radius 1 is 0.875 bits per heavy atom. The fourth-order valence-corrected chi connectivity index (χ4v) is 1.56. The molecule has 0 bridgehead atoms. The molecule has 0 unspecified atom stereocenters. The van der Waals surface area contributed by atoms with Crippen LogP contribution in [0.5, 0.6) is 0 Å². The van der Waals surface area contributed by atoms with Crippen molar-refractivity contribution in [2.24, 2.45) is 9.98 Å². The summed E-state index contributed by atoms with van der Waals surface area (Å²) in [4.78, 5) is 14.8. The SMILES string of the molecule is CN=C(N=c1c(N(C)C)c1N(C)C)N(C)C. The Kier molecular flexibility index (Phi) is 3.57. The summed E-state index contributed by atoms with van der Waals surface area (Å²) in [5.74, 6) is 0.742. The number of guanidine groups is 1. The summed E-state index contributed by atoms with van der Waals surface area (Å²) in [6.07, 6.45) is 0. The van der Waals surface area contributed by atoms with Gasteiger partial charge in [0.1, 0.15) is 5.36 Å². The molecule has 0 aromatic heterocycles. The van der Waals surface area contributed by atoms with Crippen LogP contribution in [-0.2, 0) is 0 Å². The minimum atomic E-state index is 0.742. The van der Waals surface area contributed by atoms with Gasteiger partial charge < -0.3 is 14.7 Å². The molecule has 1 aromatic rings. The summed E-state index contributed by atoms with van der Waals surface area (Å²) in [6.45, 7) is 0. The number of rotatable bonds is 2. The van der Waals surface area contributed by atoms with Gasteiger partial charge in [-0.25, -0.2) is 4.99 Å². The Hall–Kier alpha value is -1.52. The van der Waals surface area contributed by atoms with Crippen LogP contribution in [-0.4, -0.2) is 60.2 Å². The maximum absolute atomic E-state index is 4.55. The van der Waals surface area contributed by atoms with Gasteiger partial charge >= 0.3 is 0 Å². The van der Waals surface area contributed by atoms with Gasteiger partial charge in [0.15, 0.2) is 0 Å². The molecule has 0 aliphatic rings. The Bertz CT molecular complexity index is 382. The highest BCUT2D eigenvalue weighted by atomic mass is 15.3. The molecule has 0 saturated heterocycles. The lowest BCUT2D eigenvalue weighted by molar-refractivity contribution is 0.611. The molecular formula is C11H21N5. The quantitative estimate of drug-likeness (QED) is 0.528. The van der Waals surface area contributed by atoms with Crippen LogP contribution in [0.3, 0.4) is 0 Å². The smallest absolute Gasteiger partial charge is 0.220 e. The Labute approximate surface area is 97.4 Å². The second-order valence-corrected chi connectivity index (χ2v) is 4.36. The summed E-state index contributed by atoms with van der Waals surface area (Å²) < 4.78 is 0. The molecule has 16 heavy (non-hydrogen) atoms. The van der Waals surface area contributed by atoms with Crippen molar-refractivity contribution in [1.82, 2.24) is 4.90 Å². The number of nitrogens with zero attached hydrogens (tertiary/aromatic N) is 5. The number of anilines is 2. The maximum Gasteiger partial charge on any atom is 0.220 e. The van der Waals surface area contributed by atoms with Gasteiger partial charge in [0.05, 0.1) is 11.4 Å². The standard InChI is InChI=1S/C11H21N5/c1-12-11(16(6)7)13-8-9(14(2)3)10(8)15(4)5/h1-7H3. The van der Waals surface area contributed by atoms with Crippen LogP contribution in [0.25, 0.3) is 0 Å². The van der Waals surface area contributed by atoms with Crippen molar-refractivity contribution < 1.29 is 0 Å². The largest absolute Gasteiger partial charge is 0.374 e. The van der Waals surface area contributed by atoms with Crippen LogP contribution in [0.2, 0.25) is 0 Å². The molecule has 0 atom stereocenters. The van der Waals surface area contributed by atoms with Crippen molar-refractivity contribution in [3.05, 3.63) is 5.36 Å². The highest BCUT2D eigenvalue weighted by molar-refractivity contribution is 5.89. The van der Waals surface area contributed by atoms with Gasteiger partial charge in [0.25, 0.3) is 0 Å². The molecule has 0 aliphatic carbocycles. The van der Waals surface area contributed by atoms with E-state index in [-0.39, 0.29) is 0 Å². The van der Waals surface area contributed by atoms with E-state index in [0.29, 0.717) is 0 Å². The monoisotopic (exact) mass is 223 g/mol.